The van der Waals surface area contributed by atoms with E-state index in [1.165, 1.54) is 12.0 Å². The molecule has 3 aliphatic rings. The summed E-state index contributed by atoms with van der Waals surface area (Å²) in [7, 11) is 0. The highest BCUT2D eigenvalue weighted by Crippen LogP contribution is 2.50. The van der Waals surface area contributed by atoms with Crippen molar-refractivity contribution >= 4 is 17.4 Å². The van der Waals surface area contributed by atoms with Gasteiger partial charge < -0.3 is 4.74 Å². The Kier molecular flexibility index (Phi) is 3.83. The molecule has 3 saturated heterocycles. The van der Waals surface area contributed by atoms with E-state index < -0.39 is 6.10 Å². The Hall–Kier alpha value is -1.50. The van der Waals surface area contributed by atoms with E-state index in [9.17, 15) is 4.79 Å². The van der Waals surface area contributed by atoms with Crippen LogP contribution in [0.1, 0.15) is 37.7 Å². The van der Waals surface area contributed by atoms with E-state index in [0.29, 0.717) is 18.6 Å². The van der Waals surface area contributed by atoms with Gasteiger partial charge >= 0.3 is 0 Å². The van der Waals surface area contributed by atoms with Crippen LogP contribution in [0.2, 0.25) is 5.02 Å². The van der Waals surface area contributed by atoms with E-state index >= 15 is 0 Å². The average molecular weight is 330 g/mol. The standard InChI is InChI=1S/C19H20ClNO2/c1-2-9-23-17-11-21-14-7-8-16(21)18(19(17)22)15(10-14)12-3-5-13(20)6-4-12/h3-6,14-18H,7-8,10-11H2,1H3/t14-,15-,16?,17?,18?/m1/s1. The third-order valence-corrected chi connectivity index (χ3v) is 5.94. The fourth-order valence-corrected chi connectivity index (χ4v) is 4.89. The van der Waals surface area contributed by atoms with Gasteiger partial charge in [0, 0.05) is 36.5 Å². The number of carbonyl (C=O) groups is 1. The SMILES string of the molecule is CC#COC1CN2C3CC[C@@H]2C[C@H](c2ccc(Cl)cc2)C3C1=O. The lowest BCUT2D eigenvalue weighted by molar-refractivity contribution is -0.145. The average Bonchev–Trinajstić information content (AvgIpc) is 2.83. The van der Waals surface area contributed by atoms with Gasteiger partial charge in [0.25, 0.3) is 0 Å². The number of nitrogens with zero attached hydrogens (tertiary/aromatic N) is 1. The molecule has 3 heterocycles. The fourth-order valence-electron chi connectivity index (χ4n) is 4.76. The van der Waals surface area contributed by atoms with Crippen LogP contribution < -0.4 is 0 Å². The van der Waals surface area contributed by atoms with Gasteiger partial charge in [-0.2, -0.15) is 0 Å². The highest BCUT2D eigenvalue weighted by molar-refractivity contribution is 6.30. The van der Waals surface area contributed by atoms with E-state index in [4.69, 9.17) is 16.3 Å². The first kappa shape index (κ1) is 15.1. The number of Topliss-reactive ketones (excluding diaryl/α,β-unsaturated/α-hetero) is 1. The van der Waals surface area contributed by atoms with Crippen molar-refractivity contribution in [3.63, 3.8) is 0 Å². The van der Waals surface area contributed by atoms with Gasteiger partial charge in [0.1, 0.15) is 6.11 Å². The third kappa shape index (κ3) is 2.45. The summed E-state index contributed by atoms with van der Waals surface area (Å²) in [6.07, 6.45) is 5.60. The number of rotatable bonds is 2. The lowest BCUT2D eigenvalue weighted by Crippen LogP contribution is -2.61. The van der Waals surface area contributed by atoms with Crippen LogP contribution >= 0.6 is 11.6 Å². The minimum Gasteiger partial charge on any atom is -0.434 e. The zero-order valence-corrected chi connectivity index (χ0v) is 13.9. The van der Waals surface area contributed by atoms with Gasteiger partial charge in [-0.1, -0.05) is 29.7 Å². The molecule has 1 aromatic rings. The number of carbonyl (C=O) groups excluding carboxylic acids is 1. The molecule has 0 aliphatic carbocycles. The van der Waals surface area contributed by atoms with Crippen LogP contribution in [0, 0.1) is 17.9 Å². The topological polar surface area (TPSA) is 29.5 Å². The fraction of sp³-hybridized carbons (Fsp3) is 0.526. The van der Waals surface area contributed by atoms with Gasteiger partial charge in [-0.25, -0.2) is 0 Å². The van der Waals surface area contributed by atoms with Crippen LogP contribution in [0.4, 0.5) is 0 Å². The molecule has 3 aliphatic heterocycles. The van der Waals surface area contributed by atoms with Crippen molar-refractivity contribution in [2.24, 2.45) is 5.92 Å². The third-order valence-electron chi connectivity index (χ3n) is 5.69. The monoisotopic (exact) mass is 329 g/mol. The summed E-state index contributed by atoms with van der Waals surface area (Å²) < 4.78 is 5.54. The molecular weight excluding hydrogens is 310 g/mol. The summed E-state index contributed by atoms with van der Waals surface area (Å²) in [5.41, 5.74) is 1.23. The quantitative estimate of drug-likeness (QED) is 0.780. The van der Waals surface area contributed by atoms with Gasteiger partial charge in [0.05, 0.1) is 0 Å². The number of hydrogen-bond acceptors (Lipinski definition) is 3. The van der Waals surface area contributed by atoms with E-state index in [1.54, 1.807) is 6.92 Å². The number of ketones is 1. The van der Waals surface area contributed by atoms with Gasteiger partial charge in [0.15, 0.2) is 11.9 Å². The molecule has 1 aromatic carbocycles. The summed E-state index contributed by atoms with van der Waals surface area (Å²) >= 11 is 6.02. The molecule has 6 atom stereocenters. The Morgan fingerprint density at radius 3 is 2.78 bits per heavy atom. The summed E-state index contributed by atoms with van der Waals surface area (Å²) in [5, 5.41) is 0.739. The summed E-state index contributed by atoms with van der Waals surface area (Å²) in [5.74, 6) is 3.26. The smallest absolute Gasteiger partial charge is 0.181 e. The van der Waals surface area contributed by atoms with E-state index in [-0.39, 0.29) is 17.6 Å². The van der Waals surface area contributed by atoms with Crippen LogP contribution in [0.25, 0.3) is 0 Å². The maximum absolute atomic E-state index is 13.0. The molecule has 3 nitrogen and oxygen atoms in total. The van der Waals surface area contributed by atoms with Crippen molar-refractivity contribution in [3.05, 3.63) is 34.9 Å². The minimum atomic E-state index is -0.403. The van der Waals surface area contributed by atoms with E-state index in [0.717, 1.165) is 17.9 Å². The first-order valence-corrected chi connectivity index (χ1v) is 8.69. The lowest BCUT2D eigenvalue weighted by atomic mass is 9.70. The Morgan fingerprint density at radius 2 is 2.04 bits per heavy atom. The second kappa shape index (κ2) is 5.85. The van der Waals surface area contributed by atoms with Crippen molar-refractivity contribution < 1.29 is 9.53 Å². The molecule has 3 fully saturated rings. The van der Waals surface area contributed by atoms with Crippen LogP contribution in [0.3, 0.4) is 0 Å². The molecule has 0 saturated carbocycles. The molecule has 0 radical (unpaired) electrons. The van der Waals surface area contributed by atoms with E-state index in [2.05, 4.69) is 29.1 Å². The van der Waals surface area contributed by atoms with Crippen LogP contribution in [0.5, 0.6) is 0 Å². The van der Waals surface area contributed by atoms with Gasteiger partial charge in [-0.15, -0.1) is 0 Å². The van der Waals surface area contributed by atoms with Crippen LogP contribution in [-0.4, -0.2) is 35.4 Å². The Balaban J connectivity index is 1.68. The Labute approximate surface area is 141 Å². The van der Waals surface area contributed by atoms with Crippen molar-refractivity contribution in [3.8, 4) is 12.0 Å². The summed E-state index contributed by atoms with van der Waals surface area (Å²) in [4.78, 5) is 15.5. The predicted octanol–water partition coefficient (Wildman–Crippen LogP) is 3.23. The molecule has 4 unspecified atom stereocenters. The zero-order chi connectivity index (χ0) is 16.0. The van der Waals surface area contributed by atoms with Crippen molar-refractivity contribution in [2.75, 3.05) is 6.54 Å². The number of benzene rings is 1. The van der Waals surface area contributed by atoms with Gasteiger partial charge in [0.2, 0.25) is 0 Å². The number of hydrogen-bond donors (Lipinski definition) is 0. The second-order valence-electron chi connectivity index (χ2n) is 6.78. The molecule has 23 heavy (non-hydrogen) atoms. The molecule has 4 rings (SSSR count). The minimum absolute atomic E-state index is 0.0207. The van der Waals surface area contributed by atoms with Crippen molar-refractivity contribution in [2.45, 2.75) is 50.3 Å². The Bertz CT molecular complexity index is 675. The highest BCUT2D eigenvalue weighted by atomic mass is 35.5. The summed E-state index contributed by atoms with van der Waals surface area (Å²) in [6, 6.07) is 8.93. The number of ether oxygens (including phenoxy) is 1. The normalized spacial score (nSPS) is 37.9. The molecule has 0 N–H and O–H groups in total. The number of piperidine rings is 2. The first-order valence-electron chi connectivity index (χ1n) is 8.31. The van der Waals surface area contributed by atoms with Crippen LogP contribution in [-0.2, 0) is 9.53 Å². The molecule has 0 amide bonds. The molecule has 0 aromatic heterocycles. The first-order chi connectivity index (χ1) is 11.2. The molecule has 0 spiro atoms. The van der Waals surface area contributed by atoms with Gasteiger partial charge in [-0.05, 0) is 42.9 Å². The highest BCUT2D eigenvalue weighted by Gasteiger charge is 2.56. The van der Waals surface area contributed by atoms with Crippen molar-refractivity contribution in [1.82, 2.24) is 4.90 Å². The zero-order valence-electron chi connectivity index (χ0n) is 13.2. The molecule has 4 bridgehead atoms. The summed E-state index contributed by atoms with van der Waals surface area (Å²) in [6.45, 7) is 2.43. The molecule has 4 heteroatoms. The Morgan fingerprint density at radius 1 is 1.26 bits per heavy atom. The van der Waals surface area contributed by atoms with E-state index in [1.807, 2.05) is 12.1 Å². The lowest BCUT2D eigenvalue weighted by Gasteiger charge is -2.49. The molecular formula is C19H20ClNO2. The van der Waals surface area contributed by atoms with Crippen molar-refractivity contribution in [1.29, 1.82) is 0 Å². The second-order valence-corrected chi connectivity index (χ2v) is 7.21. The maximum atomic E-state index is 13.0. The van der Waals surface area contributed by atoms with Gasteiger partial charge in [-0.3, -0.25) is 9.69 Å². The largest absolute Gasteiger partial charge is 0.434 e. The van der Waals surface area contributed by atoms with Crippen LogP contribution in [0.15, 0.2) is 24.3 Å². The maximum Gasteiger partial charge on any atom is 0.181 e. The molecule has 120 valence electrons. The predicted molar refractivity (Wildman–Crippen MR) is 89.1 cm³/mol. The number of halogens is 1.